The summed E-state index contributed by atoms with van der Waals surface area (Å²) >= 11 is 0. The first-order valence-electron chi connectivity index (χ1n) is 5.86. The Labute approximate surface area is 110 Å². The summed E-state index contributed by atoms with van der Waals surface area (Å²) < 4.78 is 10.4. The third-order valence-electron chi connectivity index (χ3n) is 2.87. The molecule has 0 saturated carbocycles. The molecule has 5 heteroatoms. The zero-order chi connectivity index (χ0) is 13.8. The van der Waals surface area contributed by atoms with Crippen molar-refractivity contribution in [3.8, 4) is 11.5 Å². The number of aromatic nitrogens is 1. The van der Waals surface area contributed by atoms with E-state index in [1.54, 1.807) is 31.5 Å². The first-order valence-corrected chi connectivity index (χ1v) is 5.86. The number of carbonyl (C=O) groups excluding carboxylic acids is 1. The Morgan fingerprint density at radius 3 is 2.58 bits per heavy atom. The highest BCUT2D eigenvalue weighted by Crippen LogP contribution is 2.33. The number of nitrogens with zero attached hydrogens (tertiary/aromatic N) is 1. The number of rotatable bonds is 5. The van der Waals surface area contributed by atoms with Crippen molar-refractivity contribution in [1.29, 1.82) is 0 Å². The Bertz CT molecular complexity index is 610. The molecule has 0 unspecified atom stereocenters. The average Bonchev–Trinajstić information content (AvgIpc) is 2.45. The number of Topliss-reactive ketones (excluding diaryl/α,β-unsaturated/α-hetero) is 1. The van der Waals surface area contributed by atoms with Gasteiger partial charge in [0.1, 0.15) is 5.69 Å². The van der Waals surface area contributed by atoms with Crippen LogP contribution in [0.15, 0.2) is 24.4 Å². The van der Waals surface area contributed by atoms with Crippen molar-refractivity contribution >= 4 is 16.6 Å². The van der Waals surface area contributed by atoms with Crippen molar-refractivity contribution in [2.45, 2.75) is 6.42 Å². The molecule has 5 nitrogen and oxygen atoms in total. The SMILES string of the molecule is COc1cc2ccnc(C(=O)CCO)c2cc1OC. The van der Waals surface area contributed by atoms with E-state index in [-0.39, 0.29) is 18.8 Å². The first-order chi connectivity index (χ1) is 9.21. The predicted octanol–water partition coefficient (Wildman–Crippen LogP) is 1.82. The molecule has 0 atom stereocenters. The molecule has 2 aromatic rings. The number of aliphatic hydroxyl groups is 1. The molecule has 1 N–H and O–H groups in total. The number of hydrogen-bond donors (Lipinski definition) is 1. The maximum atomic E-state index is 11.9. The number of pyridine rings is 1. The Morgan fingerprint density at radius 2 is 1.95 bits per heavy atom. The first kappa shape index (κ1) is 13.3. The smallest absolute Gasteiger partial charge is 0.184 e. The van der Waals surface area contributed by atoms with Crippen LogP contribution in [0, 0.1) is 0 Å². The van der Waals surface area contributed by atoms with Crippen LogP contribution in [-0.4, -0.2) is 36.7 Å². The number of carbonyl (C=O) groups is 1. The molecular weight excluding hydrogens is 246 g/mol. The summed E-state index contributed by atoms with van der Waals surface area (Å²) in [4.78, 5) is 16.0. The fourth-order valence-corrected chi connectivity index (χ4v) is 1.94. The van der Waals surface area contributed by atoms with E-state index >= 15 is 0 Å². The Morgan fingerprint density at radius 1 is 1.26 bits per heavy atom. The lowest BCUT2D eigenvalue weighted by molar-refractivity contribution is 0.0953. The van der Waals surface area contributed by atoms with Gasteiger partial charge in [-0.3, -0.25) is 9.78 Å². The van der Waals surface area contributed by atoms with Crippen molar-refractivity contribution in [2.75, 3.05) is 20.8 Å². The van der Waals surface area contributed by atoms with Gasteiger partial charge in [0, 0.05) is 18.0 Å². The highest BCUT2D eigenvalue weighted by atomic mass is 16.5. The van der Waals surface area contributed by atoms with Gasteiger partial charge in [0.15, 0.2) is 17.3 Å². The average molecular weight is 261 g/mol. The highest BCUT2D eigenvalue weighted by Gasteiger charge is 2.14. The molecule has 0 aliphatic carbocycles. The normalized spacial score (nSPS) is 10.5. The predicted molar refractivity (Wildman–Crippen MR) is 70.9 cm³/mol. The molecule has 2 rings (SSSR count). The summed E-state index contributed by atoms with van der Waals surface area (Å²) in [5.74, 6) is 0.947. The van der Waals surface area contributed by atoms with Crippen molar-refractivity contribution in [1.82, 2.24) is 4.98 Å². The van der Waals surface area contributed by atoms with E-state index < -0.39 is 0 Å². The van der Waals surface area contributed by atoms with Gasteiger partial charge in [0.05, 0.1) is 20.8 Å². The Balaban J connectivity index is 2.64. The second kappa shape index (κ2) is 5.67. The molecule has 19 heavy (non-hydrogen) atoms. The summed E-state index contributed by atoms with van der Waals surface area (Å²) in [5, 5.41) is 10.4. The molecule has 0 aliphatic heterocycles. The molecule has 0 spiro atoms. The minimum atomic E-state index is -0.194. The van der Waals surface area contributed by atoms with Gasteiger partial charge in [0.2, 0.25) is 0 Å². The van der Waals surface area contributed by atoms with Crippen molar-refractivity contribution in [3.63, 3.8) is 0 Å². The molecule has 0 amide bonds. The van der Waals surface area contributed by atoms with Gasteiger partial charge in [0.25, 0.3) is 0 Å². The highest BCUT2D eigenvalue weighted by molar-refractivity contribution is 6.07. The van der Waals surface area contributed by atoms with Crippen LogP contribution in [0.4, 0.5) is 0 Å². The monoisotopic (exact) mass is 261 g/mol. The molecule has 100 valence electrons. The van der Waals surface area contributed by atoms with Crippen molar-refractivity contribution in [3.05, 3.63) is 30.1 Å². The number of ether oxygens (including phenoxy) is 2. The van der Waals surface area contributed by atoms with E-state index in [1.165, 1.54) is 7.11 Å². The zero-order valence-corrected chi connectivity index (χ0v) is 10.8. The van der Waals surface area contributed by atoms with Crippen molar-refractivity contribution < 1.29 is 19.4 Å². The van der Waals surface area contributed by atoms with Gasteiger partial charge in [-0.05, 0) is 23.6 Å². The third-order valence-corrected chi connectivity index (χ3v) is 2.87. The second-order valence-corrected chi connectivity index (χ2v) is 3.98. The van der Waals surface area contributed by atoms with E-state index in [4.69, 9.17) is 14.6 Å². The number of methoxy groups -OCH3 is 2. The van der Waals surface area contributed by atoms with Crippen LogP contribution in [0.5, 0.6) is 11.5 Å². The molecule has 1 aromatic carbocycles. The van der Waals surface area contributed by atoms with Crippen LogP contribution >= 0.6 is 0 Å². The van der Waals surface area contributed by atoms with Crippen LogP contribution in [0.25, 0.3) is 10.8 Å². The van der Waals surface area contributed by atoms with Crippen LogP contribution in [0.3, 0.4) is 0 Å². The van der Waals surface area contributed by atoms with E-state index in [0.29, 0.717) is 22.6 Å². The Kier molecular flexibility index (Phi) is 3.97. The largest absolute Gasteiger partial charge is 0.493 e. The van der Waals surface area contributed by atoms with Gasteiger partial charge in [-0.25, -0.2) is 0 Å². The van der Waals surface area contributed by atoms with Crippen LogP contribution in [-0.2, 0) is 0 Å². The van der Waals surface area contributed by atoms with E-state index in [1.807, 2.05) is 0 Å². The molecule has 0 bridgehead atoms. The van der Waals surface area contributed by atoms with Crippen LogP contribution < -0.4 is 9.47 Å². The number of ketones is 1. The molecule has 0 saturated heterocycles. The summed E-state index contributed by atoms with van der Waals surface area (Å²) in [6, 6.07) is 5.32. The Hall–Kier alpha value is -2.14. The zero-order valence-electron chi connectivity index (χ0n) is 10.8. The third kappa shape index (κ3) is 2.51. The van der Waals surface area contributed by atoms with E-state index in [9.17, 15) is 4.79 Å². The van der Waals surface area contributed by atoms with Crippen molar-refractivity contribution in [2.24, 2.45) is 0 Å². The van der Waals surface area contributed by atoms with Crippen LogP contribution in [0.2, 0.25) is 0 Å². The lowest BCUT2D eigenvalue weighted by Crippen LogP contribution is -2.05. The lowest BCUT2D eigenvalue weighted by Gasteiger charge is -2.10. The van der Waals surface area contributed by atoms with Crippen LogP contribution in [0.1, 0.15) is 16.9 Å². The molecule has 1 heterocycles. The number of hydrogen-bond acceptors (Lipinski definition) is 5. The summed E-state index contributed by atoms with van der Waals surface area (Å²) in [6.07, 6.45) is 1.62. The van der Waals surface area contributed by atoms with Gasteiger partial charge in [-0.2, -0.15) is 0 Å². The fraction of sp³-hybridized carbons (Fsp3) is 0.286. The van der Waals surface area contributed by atoms with Gasteiger partial charge >= 0.3 is 0 Å². The maximum absolute atomic E-state index is 11.9. The van der Waals surface area contributed by atoms with Gasteiger partial charge in [-0.1, -0.05) is 0 Å². The number of fused-ring (bicyclic) bond motifs is 1. The summed E-state index contributed by atoms with van der Waals surface area (Å²) in [7, 11) is 3.10. The van der Waals surface area contributed by atoms with Gasteiger partial charge < -0.3 is 14.6 Å². The molecule has 0 aliphatic rings. The summed E-state index contributed by atoms with van der Waals surface area (Å²) in [6.45, 7) is -0.190. The van der Waals surface area contributed by atoms with E-state index in [2.05, 4.69) is 4.98 Å². The number of benzene rings is 1. The number of aliphatic hydroxyl groups excluding tert-OH is 1. The molecular formula is C14H15NO4. The lowest BCUT2D eigenvalue weighted by atomic mass is 10.0. The standard InChI is InChI=1S/C14H15NO4/c1-18-12-7-9-3-5-15-14(11(17)4-6-16)10(9)8-13(12)19-2/h3,5,7-8,16H,4,6H2,1-2H3. The second-order valence-electron chi connectivity index (χ2n) is 3.98. The van der Waals surface area contributed by atoms with Gasteiger partial charge in [-0.15, -0.1) is 0 Å². The minimum absolute atomic E-state index is 0.0560. The minimum Gasteiger partial charge on any atom is -0.493 e. The van der Waals surface area contributed by atoms with E-state index in [0.717, 1.165) is 5.39 Å². The quantitative estimate of drug-likeness (QED) is 0.831. The molecule has 1 aromatic heterocycles. The summed E-state index contributed by atoms with van der Waals surface area (Å²) in [5.41, 5.74) is 0.340. The topological polar surface area (TPSA) is 68.7 Å². The fourth-order valence-electron chi connectivity index (χ4n) is 1.94. The maximum Gasteiger partial charge on any atom is 0.184 e. The molecule has 0 radical (unpaired) electrons. The molecule has 0 fully saturated rings.